The lowest BCUT2D eigenvalue weighted by Gasteiger charge is -2.38. The van der Waals surface area contributed by atoms with E-state index in [2.05, 4.69) is 0 Å². The third-order valence-electron chi connectivity index (χ3n) is 5.81. The van der Waals surface area contributed by atoms with Gasteiger partial charge in [0.05, 0.1) is 16.9 Å². The molecule has 1 unspecified atom stereocenters. The molecule has 0 saturated heterocycles. The molecule has 3 aromatic rings. The molecule has 1 atom stereocenters. The topological polar surface area (TPSA) is 97.0 Å². The van der Waals surface area contributed by atoms with Crippen LogP contribution in [0.1, 0.15) is 43.7 Å². The van der Waals surface area contributed by atoms with Crippen molar-refractivity contribution in [3.05, 3.63) is 75.3 Å². The van der Waals surface area contributed by atoms with Gasteiger partial charge < -0.3 is 19.4 Å². The SMILES string of the molecule is CC1(C)CC(=O)C2=C(C1)Oc1c(c(=O)oc3ccccc13)C2c1ccc(O)c(O)c1. The number of carbonyl (C=O) groups is 1. The number of Topliss-reactive ketones (excluding diaryl/α,β-unsaturated/α-hetero) is 1. The lowest BCUT2D eigenvalue weighted by atomic mass is 9.70. The summed E-state index contributed by atoms with van der Waals surface area (Å²) in [4.78, 5) is 26.2. The Hall–Kier alpha value is -3.54. The molecule has 0 amide bonds. The third kappa shape index (κ3) is 2.71. The lowest BCUT2D eigenvalue weighted by molar-refractivity contribution is -0.118. The Kier molecular flexibility index (Phi) is 3.84. The number of allylic oxidation sites excluding steroid dienone is 2. The highest BCUT2D eigenvalue weighted by Crippen LogP contribution is 2.51. The number of para-hydroxylation sites is 1. The van der Waals surface area contributed by atoms with Crippen LogP contribution in [0, 0.1) is 5.41 Å². The molecule has 6 nitrogen and oxygen atoms in total. The van der Waals surface area contributed by atoms with Gasteiger partial charge in [0, 0.05) is 18.4 Å². The first kappa shape index (κ1) is 18.5. The summed E-state index contributed by atoms with van der Waals surface area (Å²) in [6.45, 7) is 4.01. The fourth-order valence-corrected chi connectivity index (χ4v) is 4.51. The molecule has 2 aliphatic rings. The molecule has 1 aromatic heterocycles. The number of fused-ring (bicyclic) bond motifs is 3. The van der Waals surface area contributed by atoms with Crippen molar-refractivity contribution in [2.24, 2.45) is 5.41 Å². The van der Waals surface area contributed by atoms with Gasteiger partial charge in [-0.15, -0.1) is 0 Å². The first-order valence-corrected chi connectivity index (χ1v) is 9.77. The highest BCUT2D eigenvalue weighted by molar-refractivity contribution is 6.01. The molecule has 152 valence electrons. The number of benzene rings is 2. The summed E-state index contributed by atoms with van der Waals surface area (Å²) in [6, 6.07) is 11.4. The maximum absolute atomic E-state index is 13.2. The highest BCUT2D eigenvalue weighted by Gasteiger charge is 2.44. The minimum Gasteiger partial charge on any atom is -0.504 e. The van der Waals surface area contributed by atoms with Gasteiger partial charge in [0.15, 0.2) is 17.3 Å². The molecular weight excluding hydrogens is 384 g/mol. The van der Waals surface area contributed by atoms with Crippen molar-refractivity contribution in [2.45, 2.75) is 32.6 Å². The Morgan fingerprint density at radius 1 is 1.00 bits per heavy atom. The standard InChI is InChI=1S/C24H20O6/c1-24(2)10-16(27)20-18(11-24)29-22-13-5-3-4-6-17(13)30-23(28)21(22)19(20)12-7-8-14(25)15(26)9-12/h3-9,19,25-26H,10-11H2,1-2H3. The average Bonchev–Trinajstić information content (AvgIpc) is 2.68. The average molecular weight is 404 g/mol. The Balaban J connectivity index is 1.85. The third-order valence-corrected chi connectivity index (χ3v) is 5.81. The molecule has 0 saturated carbocycles. The number of phenolic OH excluding ortho intramolecular Hbond substituents is 2. The van der Waals surface area contributed by atoms with Crippen LogP contribution in [0.25, 0.3) is 11.0 Å². The van der Waals surface area contributed by atoms with Crippen LogP contribution in [0.4, 0.5) is 0 Å². The van der Waals surface area contributed by atoms with Gasteiger partial charge >= 0.3 is 5.63 Å². The van der Waals surface area contributed by atoms with Gasteiger partial charge in [-0.05, 0) is 35.2 Å². The van der Waals surface area contributed by atoms with E-state index in [1.165, 1.54) is 12.1 Å². The highest BCUT2D eigenvalue weighted by atomic mass is 16.5. The molecule has 0 fully saturated rings. The van der Waals surface area contributed by atoms with Crippen LogP contribution < -0.4 is 10.4 Å². The lowest BCUT2D eigenvalue weighted by Crippen LogP contribution is -2.34. The molecule has 2 aromatic carbocycles. The number of ether oxygens (including phenoxy) is 1. The maximum Gasteiger partial charge on any atom is 0.344 e. The van der Waals surface area contributed by atoms with Crippen LogP contribution in [0.2, 0.25) is 0 Å². The van der Waals surface area contributed by atoms with Crippen LogP contribution >= 0.6 is 0 Å². The zero-order chi connectivity index (χ0) is 21.2. The summed E-state index contributed by atoms with van der Waals surface area (Å²) < 4.78 is 11.8. The molecule has 2 N–H and O–H groups in total. The summed E-state index contributed by atoms with van der Waals surface area (Å²) in [6.07, 6.45) is 0.868. The largest absolute Gasteiger partial charge is 0.504 e. The quantitative estimate of drug-likeness (QED) is 0.462. The predicted molar refractivity (Wildman–Crippen MR) is 110 cm³/mol. The van der Waals surface area contributed by atoms with E-state index in [0.717, 1.165) is 0 Å². The Bertz CT molecular complexity index is 1310. The van der Waals surface area contributed by atoms with Crippen molar-refractivity contribution < 1.29 is 24.2 Å². The van der Waals surface area contributed by atoms with Gasteiger partial charge in [-0.3, -0.25) is 4.79 Å². The Morgan fingerprint density at radius 2 is 1.77 bits per heavy atom. The molecule has 5 rings (SSSR count). The minimum atomic E-state index is -0.750. The number of ketones is 1. The van der Waals surface area contributed by atoms with Gasteiger partial charge in [0.25, 0.3) is 0 Å². The zero-order valence-corrected chi connectivity index (χ0v) is 16.6. The first-order valence-electron chi connectivity index (χ1n) is 9.77. The maximum atomic E-state index is 13.2. The van der Waals surface area contributed by atoms with E-state index in [0.29, 0.717) is 46.5 Å². The van der Waals surface area contributed by atoms with Gasteiger partial charge in [-0.2, -0.15) is 0 Å². The van der Waals surface area contributed by atoms with Gasteiger partial charge in [-0.25, -0.2) is 4.79 Å². The second-order valence-electron chi connectivity index (χ2n) is 8.69. The molecule has 1 aliphatic carbocycles. The molecule has 0 bridgehead atoms. The summed E-state index contributed by atoms with van der Waals surface area (Å²) in [7, 11) is 0. The summed E-state index contributed by atoms with van der Waals surface area (Å²) in [5, 5.41) is 20.5. The summed E-state index contributed by atoms with van der Waals surface area (Å²) >= 11 is 0. The van der Waals surface area contributed by atoms with E-state index in [4.69, 9.17) is 9.15 Å². The number of phenols is 2. The van der Waals surface area contributed by atoms with E-state index < -0.39 is 11.5 Å². The fraction of sp³-hybridized carbons (Fsp3) is 0.250. The van der Waals surface area contributed by atoms with E-state index in [-0.39, 0.29) is 28.3 Å². The molecule has 0 spiro atoms. The number of hydrogen-bond acceptors (Lipinski definition) is 6. The monoisotopic (exact) mass is 404 g/mol. The number of carbonyl (C=O) groups excluding carboxylic acids is 1. The molecular formula is C24H20O6. The molecule has 30 heavy (non-hydrogen) atoms. The number of hydrogen-bond donors (Lipinski definition) is 2. The normalized spacial score (nSPS) is 19.9. The van der Waals surface area contributed by atoms with Crippen LogP contribution in [0.5, 0.6) is 17.2 Å². The van der Waals surface area contributed by atoms with E-state index in [1.54, 1.807) is 18.2 Å². The number of rotatable bonds is 1. The molecule has 6 heteroatoms. The van der Waals surface area contributed by atoms with Crippen molar-refractivity contribution in [3.63, 3.8) is 0 Å². The molecule has 0 radical (unpaired) electrons. The van der Waals surface area contributed by atoms with Crippen molar-refractivity contribution in [1.29, 1.82) is 0 Å². The van der Waals surface area contributed by atoms with Crippen LogP contribution in [0.3, 0.4) is 0 Å². The van der Waals surface area contributed by atoms with E-state index in [9.17, 15) is 19.8 Å². The van der Waals surface area contributed by atoms with Crippen LogP contribution in [-0.2, 0) is 4.79 Å². The summed E-state index contributed by atoms with van der Waals surface area (Å²) in [5.74, 6) is -0.532. The Morgan fingerprint density at radius 3 is 2.53 bits per heavy atom. The Labute approximate surface area is 172 Å². The first-order chi connectivity index (χ1) is 14.2. The van der Waals surface area contributed by atoms with E-state index in [1.807, 2.05) is 26.0 Å². The van der Waals surface area contributed by atoms with Crippen molar-refractivity contribution in [3.8, 4) is 17.2 Å². The zero-order valence-electron chi connectivity index (χ0n) is 16.6. The van der Waals surface area contributed by atoms with Gasteiger partial charge in [0.2, 0.25) is 0 Å². The van der Waals surface area contributed by atoms with Crippen molar-refractivity contribution in [2.75, 3.05) is 0 Å². The van der Waals surface area contributed by atoms with Crippen molar-refractivity contribution in [1.82, 2.24) is 0 Å². The second kappa shape index (κ2) is 6.23. The van der Waals surface area contributed by atoms with Crippen LogP contribution in [0.15, 0.2) is 63.0 Å². The number of aromatic hydroxyl groups is 2. The van der Waals surface area contributed by atoms with Gasteiger partial charge in [-0.1, -0.05) is 32.0 Å². The minimum absolute atomic E-state index is 0.1000. The fourth-order valence-electron chi connectivity index (χ4n) is 4.51. The molecule has 2 heterocycles. The van der Waals surface area contributed by atoms with Crippen molar-refractivity contribution >= 4 is 16.8 Å². The smallest absolute Gasteiger partial charge is 0.344 e. The molecule has 1 aliphatic heterocycles. The van der Waals surface area contributed by atoms with Crippen LogP contribution in [-0.4, -0.2) is 16.0 Å². The van der Waals surface area contributed by atoms with Gasteiger partial charge in [0.1, 0.15) is 17.1 Å². The summed E-state index contributed by atoms with van der Waals surface area (Å²) in [5.41, 5.74) is 0.687. The van der Waals surface area contributed by atoms with E-state index >= 15 is 0 Å². The second-order valence-corrected chi connectivity index (χ2v) is 8.69. The predicted octanol–water partition coefficient (Wildman–Crippen LogP) is 4.37.